The van der Waals surface area contributed by atoms with E-state index in [1.54, 1.807) is 0 Å². The van der Waals surface area contributed by atoms with Crippen LogP contribution >= 0.6 is 11.8 Å². The van der Waals surface area contributed by atoms with Crippen LogP contribution in [0, 0.1) is 6.92 Å². The predicted molar refractivity (Wildman–Crippen MR) is 104 cm³/mol. The first kappa shape index (κ1) is 17.3. The van der Waals surface area contributed by atoms with Crippen molar-refractivity contribution in [2.24, 2.45) is 0 Å². The monoisotopic (exact) mass is 369 g/mol. The topological polar surface area (TPSA) is 83.6 Å². The molecule has 0 atom stereocenters. The Labute approximate surface area is 156 Å². The first-order chi connectivity index (χ1) is 12.7. The van der Waals surface area contributed by atoms with Gasteiger partial charge in [-0.25, -0.2) is 4.98 Å². The number of carbonyl (C=O) groups excluding carboxylic acids is 1. The number of rotatable bonds is 4. The third-order valence-electron chi connectivity index (χ3n) is 4.90. The lowest BCUT2D eigenvalue weighted by atomic mass is 10.1. The molecule has 1 saturated carbocycles. The van der Waals surface area contributed by atoms with Gasteiger partial charge in [-0.15, -0.1) is 10.2 Å². The van der Waals surface area contributed by atoms with Gasteiger partial charge in [-0.1, -0.05) is 49.1 Å². The number of carbonyl (C=O) groups is 1. The van der Waals surface area contributed by atoms with Gasteiger partial charge in [0.2, 0.25) is 11.1 Å². The Morgan fingerprint density at radius 1 is 1.23 bits per heavy atom. The average Bonchev–Trinajstić information content (AvgIpc) is 2.79. The first-order valence-electron chi connectivity index (χ1n) is 9.24. The molecule has 0 spiro atoms. The van der Waals surface area contributed by atoms with Gasteiger partial charge in [-0.05, 0) is 31.9 Å². The van der Waals surface area contributed by atoms with Crippen molar-refractivity contribution in [1.29, 1.82) is 0 Å². The number of fused-ring (bicyclic) bond motifs is 3. The molecule has 0 bridgehead atoms. The number of H-pyrrole nitrogens is 1. The summed E-state index contributed by atoms with van der Waals surface area (Å²) in [6.07, 6.45) is 7.17. The van der Waals surface area contributed by atoms with Crippen LogP contribution in [-0.2, 0) is 4.79 Å². The minimum atomic E-state index is 0.0536. The fourth-order valence-corrected chi connectivity index (χ4v) is 4.15. The van der Waals surface area contributed by atoms with Crippen molar-refractivity contribution in [1.82, 2.24) is 25.5 Å². The Kier molecular flexibility index (Phi) is 5.06. The van der Waals surface area contributed by atoms with E-state index < -0.39 is 0 Å². The van der Waals surface area contributed by atoms with Gasteiger partial charge < -0.3 is 10.3 Å². The molecule has 2 aromatic heterocycles. The largest absolute Gasteiger partial charge is 0.353 e. The minimum absolute atomic E-state index is 0.0536. The minimum Gasteiger partial charge on any atom is -0.353 e. The van der Waals surface area contributed by atoms with Gasteiger partial charge in [-0.2, -0.15) is 0 Å². The summed E-state index contributed by atoms with van der Waals surface area (Å²) in [7, 11) is 0. The molecule has 2 N–H and O–H groups in total. The van der Waals surface area contributed by atoms with Crippen molar-refractivity contribution >= 4 is 39.7 Å². The second kappa shape index (κ2) is 7.61. The van der Waals surface area contributed by atoms with E-state index in [2.05, 4.69) is 44.5 Å². The lowest BCUT2D eigenvalue weighted by Crippen LogP contribution is -2.35. The summed E-state index contributed by atoms with van der Waals surface area (Å²) in [4.78, 5) is 20.0. The van der Waals surface area contributed by atoms with Crippen LogP contribution < -0.4 is 5.32 Å². The fourth-order valence-electron chi connectivity index (χ4n) is 3.55. The van der Waals surface area contributed by atoms with Gasteiger partial charge in [0, 0.05) is 16.9 Å². The summed E-state index contributed by atoms with van der Waals surface area (Å²) in [5.41, 5.74) is 3.66. The standard InChI is InChI=1S/C19H23N5OS/c1-12-8-9-15-14(10-12)17-18(21-15)22-19(24-23-17)26-11-16(25)20-13-6-4-2-3-5-7-13/h8-10,13H,2-7,11H2,1H3,(H,20,25)(H,21,22,24). The van der Waals surface area contributed by atoms with E-state index in [1.165, 1.54) is 43.0 Å². The van der Waals surface area contributed by atoms with E-state index in [0.29, 0.717) is 22.6 Å². The molecule has 2 heterocycles. The molecule has 3 aromatic rings. The van der Waals surface area contributed by atoms with E-state index in [4.69, 9.17) is 0 Å². The number of amides is 1. The highest BCUT2D eigenvalue weighted by Gasteiger charge is 2.16. The second-order valence-corrected chi connectivity index (χ2v) is 7.95. The Balaban J connectivity index is 1.42. The van der Waals surface area contributed by atoms with Crippen molar-refractivity contribution in [2.75, 3.05) is 5.75 Å². The van der Waals surface area contributed by atoms with E-state index in [-0.39, 0.29) is 5.91 Å². The van der Waals surface area contributed by atoms with Crippen LogP contribution in [0.15, 0.2) is 23.4 Å². The molecular weight excluding hydrogens is 346 g/mol. The zero-order chi connectivity index (χ0) is 17.9. The molecule has 4 rings (SSSR count). The highest BCUT2D eigenvalue weighted by molar-refractivity contribution is 7.99. The fraction of sp³-hybridized carbons (Fsp3) is 0.474. The van der Waals surface area contributed by atoms with E-state index in [1.807, 2.05) is 6.07 Å². The molecule has 1 fully saturated rings. The molecule has 1 aliphatic carbocycles. The van der Waals surface area contributed by atoms with Gasteiger partial charge in [0.1, 0.15) is 5.52 Å². The molecule has 6 nitrogen and oxygen atoms in total. The zero-order valence-corrected chi connectivity index (χ0v) is 15.7. The van der Waals surface area contributed by atoms with Gasteiger partial charge in [0.25, 0.3) is 0 Å². The van der Waals surface area contributed by atoms with Crippen LogP contribution in [-0.4, -0.2) is 37.9 Å². The van der Waals surface area contributed by atoms with Crippen LogP contribution in [0.5, 0.6) is 0 Å². The summed E-state index contributed by atoms with van der Waals surface area (Å²) in [5.74, 6) is 0.376. The Bertz CT molecular complexity index is 930. The Morgan fingerprint density at radius 2 is 2.04 bits per heavy atom. The maximum Gasteiger partial charge on any atom is 0.230 e. The summed E-state index contributed by atoms with van der Waals surface area (Å²) >= 11 is 1.33. The van der Waals surface area contributed by atoms with Crippen molar-refractivity contribution in [3.8, 4) is 0 Å². The molecule has 0 unspecified atom stereocenters. The molecule has 0 radical (unpaired) electrons. The van der Waals surface area contributed by atoms with Crippen LogP contribution in [0.1, 0.15) is 44.1 Å². The average molecular weight is 369 g/mol. The van der Waals surface area contributed by atoms with E-state index in [9.17, 15) is 4.79 Å². The highest BCUT2D eigenvalue weighted by Crippen LogP contribution is 2.24. The summed E-state index contributed by atoms with van der Waals surface area (Å²) in [5, 5.41) is 13.2. The quantitative estimate of drug-likeness (QED) is 0.540. The van der Waals surface area contributed by atoms with Crippen molar-refractivity contribution in [3.05, 3.63) is 23.8 Å². The SMILES string of the molecule is Cc1ccc2[nH]c3nc(SCC(=O)NC4CCCCCC4)nnc3c2c1. The number of hydrogen-bond donors (Lipinski definition) is 2. The molecule has 7 heteroatoms. The lowest BCUT2D eigenvalue weighted by molar-refractivity contribution is -0.119. The van der Waals surface area contributed by atoms with E-state index in [0.717, 1.165) is 29.3 Å². The number of aromatic amines is 1. The third-order valence-corrected chi connectivity index (χ3v) is 5.74. The van der Waals surface area contributed by atoms with Gasteiger partial charge in [-0.3, -0.25) is 4.79 Å². The third kappa shape index (κ3) is 3.82. The number of aromatic nitrogens is 4. The van der Waals surface area contributed by atoms with Crippen molar-refractivity contribution in [3.63, 3.8) is 0 Å². The highest BCUT2D eigenvalue weighted by atomic mass is 32.2. The number of benzene rings is 1. The second-order valence-electron chi connectivity index (χ2n) is 7.01. The van der Waals surface area contributed by atoms with Crippen LogP contribution in [0.3, 0.4) is 0 Å². The normalized spacial score (nSPS) is 16.0. The van der Waals surface area contributed by atoms with Crippen molar-refractivity contribution in [2.45, 2.75) is 56.6 Å². The summed E-state index contributed by atoms with van der Waals surface area (Å²) in [6, 6.07) is 6.49. The Hall–Kier alpha value is -2.15. The molecule has 1 amide bonds. The molecule has 1 aromatic carbocycles. The predicted octanol–water partition coefficient (Wildman–Crippen LogP) is 3.75. The molecule has 0 saturated heterocycles. The van der Waals surface area contributed by atoms with Crippen LogP contribution in [0.2, 0.25) is 0 Å². The molecule has 0 aliphatic heterocycles. The number of nitrogens with zero attached hydrogens (tertiary/aromatic N) is 3. The van der Waals surface area contributed by atoms with Gasteiger partial charge in [0.05, 0.1) is 5.75 Å². The van der Waals surface area contributed by atoms with Crippen molar-refractivity contribution < 1.29 is 4.79 Å². The van der Waals surface area contributed by atoms with Crippen LogP contribution in [0.4, 0.5) is 0 Å². The number of nitrogens with one attached hydrogen (secondary N) is 2. The lowest BCUT2D eigenvalue weighted by Gasteiger charge is -2.15. The maximum absolute atomic E-state index is 12.2. The summed E-state index contributed by atoms with van der Waals surface area (Å²) in [6.45, 7) is 2.05. The number of aryl methyl sites for hydroxylation is 1. The smallest absolute Gasteiger partial charge is 0.230 e. The maximum atomic E-state index is 12.2. The number of thioether (sulfide) groups is 1. The van der Waals surface area contributed by atoms with Gasteiger partial charge >= 0.3 is 0 Å². The molecule has 136 valence electrons. The zero-order valence-electron chi connectivity index (χ0n) is 14.9. The van der Waals surface area contributed by atoms with E-state index >= 15 is 0 Å². The van der Waals surface area contributed by atoms with Gasteiger partial charge in [0.15, 0.2) is 5.65 Å². The number of hydrogen-bond acceptors (Lipinski definition) is 5. The molecule has 26 heavy (non-hydrogen) atoms. The first-order valence-corrected chi connectivity index (χ1v) is 10.2. The Morgan fingerprint density at radius 3 is 2.85 bits per heavy atom. The molecular formula is C19H23N5OS. The molecule has 1 aliphatic rings. The van der Waals surface area contributed by atoms with Crippen LogP contribution in [0.25, 0.3) is 22.1 Å². The summed E-state index contributed by atoms with van der Waals surface area (Å²) < 4.78 is 0.